The van der Waals surface area contributed by atoms with Gasteiger partial charge < -0.3 is 33.7 Å². The van der Waals surface area contributed by atoms with Crippen LogP contribution in [0.3, 0.4) is 0 Å². The number of carbonyl (C=O) groups excluding carboxylic acids is 4. The first-order valence-electron chi connectivity index (χ1n) is 27.0. The third-order valence-electron chi connectivity index (χ3n) is 15.9. The molecular weight excluding hydrogens is 1040 g/mol. The molecule has 2 fully saturated rings. The molecular formula is C65H59N5O12. The quantitative estimate of drug-likeness (QED) is 0.0443. The Morgan fingerprint density at radius 1 is 0.780 bits per heavy atom. The van der Waals surface area contributed by atoms with Crippen LogP contribution in [0, 0.1) is 27.9 Å². The molecule has 7 aromatic rings. The zero-order valence-electron chi connectivity index (χ0n) is 45.4. The smallest absolute Gasteiger partial charge is 0.421 e. The number of hydrogen-bond acceptors (Lipinski definition) is 14. The molecule has 416 valence electrons. The molecule has 1 N–H and O–H groups in total. The Labute approximate surface area is 474 Å². The van der Waals surface area contributed by atoms with Crippen molar-refractivity contribution in [1.29, 1.82) is 0 Å². The summed E-state index contributed by atoms with van der Waals surface area (Å²) in [6.07, 6.45) is -1.72. The number of rotatable bonds is 15. The number of cyclic esters (lactones) is 1. The first kappa shape index (κ1) is 54.6. The van der Waals surface area contributed by atoms with E-state index in [4.69, 9.17) is 23.7 Å². The van der Waals surface area contributed by atoms with Gasteiger partial charge in [0.1, 0.15) is 36.5 Å². The van der Waals surface area contributed by atoms with Crippen LogP contribution < -0.4 is 19.1 Å². The summed E-state index contributed by atoms with van der Waals surface area (Å²) in [6.45, 7) is 0.314. The fourth-order valence-electron chi connectivity index (χ4n) is 12.3. The van der Waals surface area contributed by atoms with Gasteiger partial charge in [0.05, 0.1) is 56.0 Å². The highest BCUT2D eigenvalue weighted by atomic mass is 16.6. The van der Waals surface area contributed by atoms with Crippen molar-refractivity contribution < 1.29 is 52.9 Å². The van der Waals surface area contributed by atoms with Crippen LogP contribution in [-0.4, -0.2) is 102 Å². The highest BCUT2D eigenvalue weighted by molar-refractivity contribution is 6.23. The van der Waals surface area contributed by atoms with Gasteiger partial charge in [0.2, 0.25) is 11.8 Å². The van der Waals surface area contributed by atoms with Gasteiger partial charge in [0, 0.05) is 42.9 Å². The average Bonchev–Trinajstić information content (AvgIpc) is 1.61. The highest BCUT2D eigenvalue weighted by Crippen LogP contribution is 2.67. The van der Waals surface area contributed by atoms with Crippen molar-refractivity contribution in [3.05, 3.63) is 230 Å². The van der Waals surface area contributed by atoms with Crippen LogP contribution in [-0.2, 0) is 55.4 Å². The molecule has 0 saturated carbocycles. The van der Waals surface area contributed by atoms with Gasteiger partial charge in [-0.2, -0.15) is 0 Å². The normalized spacial score (nSPS) is 20.7. The number of nitro groups is 1. The number of methoxy groups -OCH3 is 2. The molecule has 0 bridgehead atoms. The lowest BCUT2D eigenvalue weighted by atomic mass is 9.64. The van der Waals surface area contributed by atoms with E-state index in [1.54, 1.807) is 54.5 Å². The van der Waals surface area contributed by atoms with Crippen LogP contribution in [0.1, 0.15) is 68.3 Å². The van der Waals surface area contributed by atoms with Gasteiger partial charge in [0.15, 0.2) is 11.5 Å². The lowest BCUT2D eigenvalue weighted by Gasteiger charge is -2.46. The van der Waals surface area contributed by atoms with E-state index in [1.165, 1.54) is 31.4 Å². The summed E-state index contributed by atoms with van der Waals surface area (Å²) in [5, 5.41) is 21.9. The summed E-state index contributed by atoms with van der Waals surface area (Å²) in [5.74, 6) is 4.04. The molecule has 17 heteroatoms. The van der Waals surface area contributed by atoms with Gasteiger partial charge >= 0.3 is 12.1 Å². The second-order valence-electron chi connectivity index (χ2n) is 20.7. The predicted molar refractivity (Wildman–Crippen MR) is 303 cm³/mol. The van der Waals surface area contributed by atoms with Crippen molar-refractivity contribution in [2.75, 3.05) is 52.5 Å². The monoisotopic (exact) mass is 1100 g/mol. The third kappa shape index (κ3) is 10.1. The highest BCUT2D eigenvalue weighted by Gasteiger charge is 2.76. The summed E-state index contributed by atoms with van der Waals surface area (Å²) >= 11 is 0. The number of nitrogens with zero attached hydrogens (tertiary/aromatic N) is 5. The van der Waals surface area contributed by atoms with E-state index in [0.717, 1.165) is 21.6 Å². The van der Waals surface area contributed by atoms with E-state index in [0.29, 0.717) is 58.8 Å². The van der Waals surface area contributed by atoms with E-state index >= 15 is 19.2 Å². The Hall–Kier alpha value is -9.34. The number of aliphatic hydroxyl groups excluding tert-OH is 1. The maximum atomic E-state index is 17.1. The molecule has 11 rings (SSSR count). The molecule has 0 radical (unpaired) electrons. The second-order valence-corrected chi connectivity index (χ2v) is 20.7. The number of benzene rings is 7. The predicted octanol–water partition coefficient (Wildman–Crippen LogP) is 9.05. The Morgan fingerprint density at radius 2 is 1.44 bits per heavy atom. The minimum absolute atomic E-state index is 0.0581. The van der Waals surface area contributed by atoms with E-state index in [2.05, 4.69) is 16.7 Å². The van der Waals surface area contributed by atoms with Crippen molar-refractivity contribution >= 4 is 35.3 Å². The lowest BCUT2D eigenvalue weighted by Crippen LogP contribution is -2.57. The number of para-hydroxylation sites is 1. The molecule has 4 heterocycles. The standard InChI is InChI=1S/C65H59N5O12/c1-66(39-43-16-7-4-8-17-43)32-15-18-42-27-30-52-51(36-42)65(63(74)68(52)64(75)81-41-44-25-28-49(29-26-44)70(76)77)56(61(72)67-33-31-47-37-54(78-2)55(79-3)38-48(47)40-67)58-62(73)82-59(46-21-11-6-12-22-46)57(45-19-9-5-10-20-45)69(58)60(65)50-23-13-14-24-53(50)80-35-34-71/h4-14,16-17,19-30,36-38,56-60,71H,31-35,39-41H2,1-3H3. The van der Waals surface area contributed by atoms with Gasteiger partial charge in [-0.3, -0.25) is 34.3 Å². The zero-order chi connectivity index (χ0) is 57.1. The van der Waals surface area contributed by atoms with Crippen LogP contribution >= 0.6 is 0 Å². The van der Waals surface area contributed by atoms with Crippen molar-refractivity contribution in [2.24, 2.45) is 5.92 Å². The van der Waals surface area contributed by atoms with Gasteiger partial charge in [-0.05, 0) is 101 Å². The number of non-ortho nitro benzene ring substituents is 1. The molecule has 0 aromatic heterocycles. The maximum absolute atomic E-state index is 17.1. The van der Waals surface area contributed by atoms with Crippen LogP contribution in [0.4, 0.5) is 16.2 Å². The number of fused-ring (bicyclic) bond motifs is 4. The number of amides is 3. The number of esters is 1. The van der Waals surface area contributed by atoms with Gasteiger partial charge in [0.25, 0.3) is 5.69 Å². The first-order chi connectivity index (χ1) is 39.9. The topological polar surface area (TPSA) is 191 Å². The molecule has 6 unspecified atom stereocenters. The Balaban J connectivity index is 1.16. The zero-order valence-corrected chi connectivity index (χ0v) is 45.4. The Morgan fingerprint density at radius 3 is 2.12 bits per heavy atom. The summed E-state index contributed by atoms with van der Waals surface area (Å²) in [7, 11) is 5.04. The Bertz CT molecular complexity index is 3610. The number of anilines is 1. The van der Waals surface area contributed by atoms with Crippen LogP contribution in [0.5, 0.6) is 17.2 Å². The minimum Gasteiger partial charge on any atom is -0.493 e. The van der Waals surface area contributed by atoms with E-state index in [9.17, 15) is 15.2 Å². The molecule has 17 nitrogen and oxygen atoms in total. The van der Waals surface area contributed by atoms with Crippen LogP contribution in [0.2, 0.25) is 0 Å². The molecule has 0 aliphatic carbocycles. The van der Waals surface area contributed by atoms with Gasteiger partial charge in [-0.1, -0.05) is 121 Å². The summed E-state index contributed by atoms with van der Waals surface area (Å²) in [5.41, 5.74) is 3.35. The van der Waals surface area contributed by atoms with Crippen molar-refractivity contribution in [1.82, 2.24) is 14.7 Å². The van der Waals surface area contributed by atoms with Crippen molar-refractivity contribution in [3.63, 3.8) is 0 Å². The molecule has 4 aliphatic rings. The number of morpholine rings is 1. The summed E-state index contributed by atoms with van der Waals surface area (Å²) in [4.78, 5) is 82.6. The molecule has 2 saturated heterocycles. The maximum Gasteiger partial charge on any atom is 0.421 e. The number of aliphatic hydroxyl groups is 1. The minimum atomic E-state index is -2.20. The van der Waals surface area contributed by atoms with Crippen molar-refractivity contribution in [2.45, 2.75) is 55.8 Å². The van der Waals surface area contributed by atoms with Gasteiger partial charge in [-0.25, -0.2) is 9.69 Å². The van der Waals surface area contributed by atoms with E-state index in [1.807, 2.05) is 115 Å². The van der Waals surface area contributed by atoms with E-state index in [-0.39, 0.29) is 55.6 Å². The number of carbonyl (C=O) groups is 4. The van der Waals surface area contributed by atoms with Crippen LogP contribution in [0.25, 0.3) is 0 Å². The van der Waals surface area contributed by atoms with Crippen molar-refractivity contribution in [3.8, 4) is 29.1 Å². The lowest BCUT2D eigenvalue weighted by molar-refractivity contribution is -0.384. The second kappa shape index (κ2) is 23.4. The summed E-state index contributed by atoms with van der Waals surface area (Å²) < 4.78 is 30.6. The fourth-order valence-corrected chi connectivity index (χ4v) is 12.3. The van der Waals surface area contributed by atoms with Gasteiger partial charge in [-0.15, -0.1) is 0 Å². The molecule has 1 spiro atoms. The molecule has 82 heavy (non-hydrogen) atoms. The fraction of sp³-hybridized carbons (Fsp3) is 0.262. The van der Waals surface area contributed by atoms with E-state index < -0.39 is 64.4 Å². The largest absolute Gasteiger partial charge is 0.493 e. The number of nitro benzene ring substituents is 1. The number of imide groups is 1. The number of hydrogen-bond donors (Lipinski definition) is 1. The average molecular weight is 1100 g/mol. The van der Waals surface area contributed by atoms with Crippen LogP contribution in [0.15, 0.2) is 170 Å². The third-order valence-corrected chi connectivity index (χ3v) is 15.9. The summed E-state index contributed by atoms with van der Waals surface area (Å²) in [6, 6.07) is 46.3. The SMILES string of the molecule is COc1cc2c(cc1OC)CN(C(=O)C1C3C(=O)OC(c4ccccc4)C(c4ccccc4)N3C(c3ccccc3OCCO)C13C(=O)N(C(=O)OCc1ccc([N+](=O)[O-])cc1)c1ccc(C#CCN(C)Cc4ccccc4)cc13)CC2. The molecule has 6 atom stereocenters. The molecule has 4 aliphatic heterocycles. The first-order valence-corrected chi connectivity index (χ1v) is 27.0. The Kier molecular flexibility index (Phi) is 15.6. The molecule has 7 aromatic carbocycles. The number of ether oxygens (including phenoxy) is 5. The molecule has 3 amide bonds.